The van der Waals surface area contributed by atoms with Gasteiger partial charge in [0.25, 0.3) is 5.69 Å². The minimum atomic E-state index is -0.324. The molecule has 2 aliphatic heterocycles. The Labute approximate surface area is 153 Å². The molecule has 138 valence electrons. The van der Waals surface area contributed by atoms with Crippen LogP contribution in [-0.4, -0.2) is 46.3 Å². The van der Waals surface area contributed by atoms with E-state index in [1.807, 2.05) is 6.07 Å². The van der Waals surface area contributed by atoms with Crippen LogP contribution in [0.25, 0.3) is 5.69 Å². The molecule has 1 N–H and O–H groups in total. The summed E-state index contributed by atoms with van der Waals surface area (Å²) in [6.45, 7) is 3.03. The summed E-state index contributed by atoms with van der Waals surface area (Å²) in [5.41, 5.74) is 3.04. The van der Waals surface area contributed by atoms with Gasteiger partial charge in [-0.25, -0.2) is 4.68 Å². The lowest BCUT2D eigenvalue weighted by Gasteiger charge is -2.28. The van der Waals surface area contributed by atoms with Crippen molar-refractivity contribution < 1.29 is 4.92 Å². The molecule has 1 fully saturated rings. The van der Waals surface area contributed by atoms with Crippen LogP contribution in [0.1, 0.15) is 42.9 Å². The molecule has 0 atom stereocenters. The Bertz CT molecular complexity index is 808. The number of hydrogen-bond donors (Lipinski definition) is 1. The van der Waals surface area contributed by atoms with E-state index in [2.05, 4.69) is 17.3 Å². The largest absolute Gasteiger partial charge is 0.370 e. The minimum absolute atomic E-state index is 0.0961. The quantitative estimate of drug-likeness (QED) is 0.675. The number of nitrogens with one attached hydrogen (secondary N) is 1. The van der Waals surface area contributed by atoms with Gasteiger partial charge in [0.05, 0.1) is 10.6 Å². The molecule has 1 aromatic heterocycles. The van der Waals surface area contributed by atoms with Crippen molar-refractivity contribution >= 4 is 11.5 Å². The molecule has 0 spiro atoms. The summed E-state index contributed by atoms with van der Waals surface area (Å²) in [6, 6.07) is 6.88. The van der Waals surface area contributed by atoms with E-state index in [1.165, 1.54) is 5.56 Å². The van der Waals surface area contributed by atoms with Gasteiger partial charge in [0.1, 0.15) is 11.5 Å². The van der Waals surface area contributed by atoms with Crippen molar-refractivity contribution in [3.63, 3.8) is 0 Å². The van der Waals surface area contributed by atoms with Crippen molar-refractivity contribution in [3.05, 3.63) is 45.6 Å². The van der Waals surface area contributed by atoms with Gasteiger partial charge in [0.15, 0.2) is 0 Å². The fraction of sp³-hybridized carbons (Fsp3) is 0.526. The fourth-order valence-corrected chi connectivity index (χ4v) is 4.11. The van der Waals surface area contributed by atoms with E-state index >= 15 is 0 Å². The van der Waals surface area contributed by atoms with Gasteiger partial charge in [-0.2, -0.15) is 5.10 Å². The number of fused-ring (bicyclic) bond motifs is 1. The van der Waals surface area contributed by atoms with Gasteiger partial charge in [-0.1, -0.05) is 12.1 Å². The first-order valence-corrected chi connectivity index (χ1v) is 9.43. The number of likely N-dealkylation sites (tertiary alicyclic amines) is 1. The molecule has 0 saturated carbocycles. The molecule has 26 heavy (non-hydrogen) atoms. The number of para-hydroxylation sites is 2. The summed E-state index contributed by atoms with van der Waals surface area (Å²) >= 11 is 0. The van der Waals surface area contributed by atoms with Gasteiger partial charge in [-0.15, -0.1) is 0 Å². The Hall–Kier alpha value is -2.41. The maximum absolute atomic E-state index is 11.5. The Morgan fingerprint density at radius 2 is 2.00 bits per heavy atom. The first kappa shape index (κ1) is 17.0. The second-order valence-corrected chi connectivity index (χ2v) is 7.33. The smallest absolute Gasteiger partial charge is 0.294 e. The third-order valence-electron chi connectivity index (χ3n) is 5.57. The molecule has 2 aromatic rings. The highest BCUT2D eigenvalue weighted by atomic mass is 16.6. The summed E-state index contributed by atoms with van der Waals surface area (Å²) < 4.78 is 1.78. The summed E-state index contributed by atoms with van der Waals surface area (Å²) in [7, 11) is 2.16. The zero-order valence-corrected chi connectivity index (χ0v) is 15.1. The van der Waals surface area contributed by atoms with Gasteiger partial charge in [-0.05, 0) is 58.3 Å². The van der Waals surface area contributed by atoms with Gasteiger partial charge < -0.3 is 10.2 Å². The molecule has 7 heteroatoms. The number of nitrogens with zero attached hydrogens (tertiary/aromatic N) is 4. The monoisotopic (exact) mass is 355 g/mol. The van der Waals surface area contributed by atoms with Crippen LogP contribution in [0.3, 0.4) is 0 Å². The summed E-state index contributed by atoms with van der Waals surface area (Å²) in [5, 5.41) is 19.9. The van der Waals surface area contributed by atoms with E-state index in [1.54, 1.807) is 22.9 Å². The van der Waals surface area contributed by atoms with Crippen LogP contribution in [0.15, 0.2) is 24.3 Å². The predicted octanol–water partition coefficient (Wildman–Crippen LogP) is 3.34. The van der Waals surface area contributed by atoms with Crippen LogP contribution >= 0.6 is 0 Å². The predicted molar refractivity (Wildman–Crippen MR) is 101 cm³/mol. The Kier molecular flexibility index (Phi) is 4.63. The molecule has 0 radical (unpaired) electrons. The lowest BCUT2D eigenvalue weighted by atomic mass is 9.90. The molecular weight excluding hydrogens is 330 g/mol. The number of nitro benzene ring substituents is 1. The Morgan fingerprint density at radius 1 is 1.23 bits per heavy atom. The van der Waals surface area contributed by atoms with Crippen LogP contribution in [0.4, 0.5) is 11.5 Å². The third kappa shape index (κ3) is 3.07. The average molecular weight is 355 g/mol. The number of piperidine rings is 1. The first-order chi connectivity index (χ1) is 12.6. The molecule has 4 rings (SSSR count). The van der Waals surface area contributed by atoms with Crippen molar-refractivity contribution in [3.8, 4) is 5.69 Å². The van der Waals surface area contributed by atoms with Crippen LogP contribution in [0.5, 0.6) is 0 Å². The van der Waals surface area contributed by atoms with E-state index in [4.69, 9.17) is 5.10 Å². The Morgan fingerprint density at radius 3 is 2.77 bits per heavy atom. The van der Waals surface area contributed by atoms with Gasteiger partial charge in [0.2, 0.25) is 0 Å². The molecule has 2 aliphatic rings. The molecule has 0 aliphatic carbocycles. The standard InChI is InChI=1S/C19H25N5O2/c1-22-12-9-14(10-13-22)18-15-6-4-5-11-20-19(15)23(21-18)16-7-2-3-8-17(16)24(25)26/h2-3,7-8,14,20H,4-6,9-13H2,1H3. The van der Waals surface area contributed by atoms with Crippen molar-refractivity contribution in [2.45, 2.75) is 38.0 Å². The number of rotatable bonds is 3. The second kappa shape index (κ2) is 7.07. The maximum atomic E-state index is 11.5. The maximum Gasteiger partial charge on any atom is 0.294 e. The lowest BCUT2D eigenvalue weighted by Crippen LogP contribution is -2.29. The van der Waals surface area contributed by atoms with E-state index in [0.29, 0.717) is 11.6 Å². The van der Waals surface area contributed by atoms with Crippen LogP contribution in [-0.2, 0) is 6.42 Å². The first-order valence-electron chi connectivity index (χ1n) is 9.43. The zero-order chi connectivity index (χ0) is 18.1. The van der Waals surface area contributed by atoms with Crippen molar-refractivity contribution in [1.82, 2.24) is 14.7 Å². The van der Waals surface area contributed by atoms with E-state index < -0.39 is 0 Å². The molecule has 0 amide bonds. The molecule has 0 unspecified atom stereocenters. The molecule has 1 saturated heterocycles. The fourth-order valence-electron chi connectivity index (χ4n) is 4.11. The lowest BCUT2D eigenvalue weighted by molar-refractivity contribution is -0.384. The normalized spacial score (nSPS) is 18.8. The van der Waals surface area contributed by atoms with Crippen molar-refractivity contribution in [2.75, 3.05) is 32.0 Å². The highest BCUT2D eigenvalue weighted by molar-refractivity contribution is 5.60. The van der Waals surface area contributed by atoms with Crippen LogP contribution in [0, 0.1) is 10.1 Å². The SMILES string of the molecule is CN1CCC(c2nn(-c3ccccc3[N+](=O)[O-])c3c2CCCCN3)CC1. The second-order valence-electron chi connectivity index (χ2n) is 7.33. The van der Waals surface area contributed by atoms with E-state index in [-0.39, 0.29) is 10.6 Å². The van der Waals surface area contributed by atoms with Gasteiger partial charge in [-0.3, -0.25) is 10.1 Å². The van der Waals surface area contributed by atoms with Crippen molar-refractivity contribution in [2.24, 2.45) is 0 Å². The summed E-state index contributed by atoms with van der Waals surface area (Å²) in [6.07, 6.45) is 5.42. The number of aromatic nitrogens is 2. The molecule has 7 nitrogen and oxygen atoms in total. The Balaban J connectivity index is 1.82. The summed E-state index contributed by atoms with van der Waals surface area (Å²) in [4.78, 5) is 13.5. The highest BCUT2D eigenvalue weighted by Crippen LogP contribution is 2.37. The number of benzene rings is 1. The topological polar surface area (TPSA) is 76.2 Å². The van der Waals surface area contributed by atoms with Crippen LogP contribution in [0.2, 0.25) is 0 Å². The highest BCUT2D eigenvalue weighted by Gasteiger charge is 2.29. The van der Waals surface area contributed by atoms with E-state index in [9.17, 15) is 10.1 Å². The van der Waals surface area contributed by atoms with Gasteiger partial charge >= 0.3 is 0 Å². The molecule has 3 heterocycles. The third-order valence-corrected chi connectivity index (χ3v) is 5.57. The zero-order valence-electron chi connectivity index (χ0n) is 15.1. The van der Waals surface area contributed by atoms with Crippen LogP contribution < -0.4 is 5.32 Å². The minimum Gasteiger partial charge on any atom is -0.370 e. The molecule has 0 bridgehead atoms. The van der Waals surface area contributed by atoms with Gasteiger partial charge in [0, 0.05) is 24.1 Å². The number of hydrogen-bond acceptors (Lipinski definition) is 5. The van der Waals surface area contributed by atoms with Crippen molar-refractivity contribution in [1.29, 1.82) is 0 Å². The molecular formula is C19H25N5O2. The summed E-state index contributed by atoms with van der Waals surface area (Å²) in [5.74, 6) is 1.38. The van der Waals surface area contributed by atoms with E-state index in [0.717, 1.165) is 63.3 Å². The average Bonchev–Trinajstić information content (AvgIpc) is 2.84. The number of nitro groups is 1. The number of anilines is 1. The molecule has 1 aromatic carbocycles.